The van der Waals surface area contributed by atoms with E-state index in [0.29, 0.717) is 41.6 Å². The summed E-state index contributed by atoms with van der Waals surface area (Å²) in [6.07, 6.45) is 12.8. The summed E-state index contributed by atoms with van der Waals surface area (Å²) in [6.45, 7) is 11.7. The van der Waals surface area contributed by atoms with E-state index in [9.17, 15) is 14.4 Å². The quantitative estimate of drug-likeness (QED) is 0.235. The van der Waals surface area contributed by atoms with Gasteiger partial charge in [0.25, 0.3) is 0 Å². The maximum absolute atomic E-state index is 12.7. The molecule has 4 aliphatic carbocycles. The van der Waals surface area contributed by atoms with Crippen molar-refractivity contribution in [3.8, 4) is 0 Å². The molecule has 0 spiro atoms. The molecule has 0 bridgehead atoms. The van der Waals surface area contributed by atoms with Gasteiger partial charge in [-0.3, -0.25) is 14.4 Å². The number of hydrogen-bond acceptors (Lipinski definition) is 6. The van der Waals surface area contributed by atoms with Gasteiger partial charge in [0.05, 0.1) is 6.04 Å². The number of esters is 2. The number of nitrogens with two attached hydrogens (primary N) is 1. The third-order valence-corrected chi connectivity index (χ3v) is 13.7. The largest absolute Gasteiger partial charge is 0.461 e. The molecule has 4 fully saturated rings. The molecule has 7 heteroatoms. The Morgan fingerprint density at radius 2 is 1.65 bits per heavy atom. The Morgan fingerprint density at radius 3 is 2.39 bits per heavy atom. The minimum atomic E-state index is -0.604. The van der Waals surface area contributed by atoms with E-state index in [1.54, 1.807) is 0 Å². The van der Waals surface area contributed by atoms with Crippen molar-refractivity contribution < 1.29 is 23.9 Å². The second-order valence-electron chi connectivity index (χ2n) is 16.1. The van der Waals surface area contributed by atoms with E-state index >= 15 is 0 Å². The third kappa shape index (κ3) is 7.34. The first-order valence-electron chi connectivity index (χ1n) is 18.4. The lowest BCUT2D eigenvalue weighted by atomic mass is 9.44. The number of rotatable bonds is 12. The summed E-state index contributed by atoms with van der Waals surface area (Å²) in [4.78, 5) is 37.6. The van der Waals surface area contributed by atoms with Crippen molar-refractivity contribution in [3.05, 3.63) is 35.9 Å². The molecule has 1 aromatic rings. The number of nitrogens with one attached hydrogen (secondary N) is 1. The summed E-state index contributed by atoms with van der Waals surface area (Å²) in [5, 5.41) is 2.69. The van der Waals surface area contributed by atoms with Crippen LogP contribution in [0.5, 0.6) is 0 Å². The number of ether oxygens (including phenoxy) is 2. The van der Waals surface area contributed by atoms with Crippen LogP contribution in [0.25, 0.3) is 0 Å². The van der Waals surface area contributed by atoms with Gasteiger partial charge in [0.2, 0.25) is 5.91 Å². The van der Waals surface area contributed by atoms with E-state index in [1.807, 2.05) is 44.2 Å². The zero-order chi connectivity index (χ0) is 33.1. The first-order valence-corrected chi connectivity index (χ1v) is 18.4. The molecule has 46 heavy (non-hydrogen) atoms. The average molecular weight is 637 g/mol. The topological polar surface area (TPSA) is 108 Å². The predicted molar refractivity (Wildman–Crippen MR) is 180 cm³/mol. The van der Waals surface area contributed by atoms with E-state index in [2.05, 4.69) is 26.1 Å². The predicted octanol–water partition coefficient (Wildman–Crippen LogP) is 7.21. The SMILES string of the molecule is CC[C@H](C)[C@H](N)C(=O)NCC(=O)O[C@@H]1CC[C@@]2(C)[C@H](CC[C@@H]3[C@@H]2CC[C@]2(C)[C@@H]([C@@H](C)CCC(=O)OCc4ccccc4)CC[C@@H]32)C1. The van der Waals surface area contributed by atoms with Gasteiger partial charge in [-0.05, 0) is 122 Å². The van der Waals surface area contributed by atoms with Crippen LogP contribution in [-0.2, 0) is 30.5 Å². The van der Waals surface area contributed by atoms with Crippen LogP contribution in [0.15, 0.2) is 30.3 Å². The van der Waals surface area contributed by atoms with E-state index in [0.717, 1.165) is 55.4 Å². The normalized spacial score (nSPS) is 35.4. The fourth-order valence-corrected chi connectivity index (χ4v) is 10.7. The average Bonchev–Trinajstić information content (AvgIpc) is 3.42. The Morgan fingerprint density at radius 1 is 0.935 bits per heavy atom. The van der Waals surface area contributed by atoms with Crippen molar-refractivity contribution in [2.75, 3.05) is 6.54 Å². The van der Waals surface area contributed by atoms with Crippen molar-refractivity contribution >= 4 is 17.8 Å². The van der Waals surface area contributed by atoms with Crippen molar-refractivity contribution in [2.45, 2.75) is 130 Å². The summed E-state index contributed by atoms with van der Waals surface area (Å²) in [5.41, 5.74) is 7.71. The van der Waals surface area contributed by atoms with Crippen molar-refractivity contribution in [1.82, 2.24) is 5.32 Å². The standard InChI is InChI=1S/C39H60N2O5/c1-6-25(2)36(40)37(44)41-23-35(43)46-29-18-20-38(4)28(22-29)13-14-30-32-16-15-31(39(32,5)21-19-33(30)38)26(3)12-17-34(42)45-24-27-10-8-7-9-11-27/h7-11,25-26,28-33,36H,6,12-24,40H2,1-5H3,(H,41,44)/t25-,26-,28+,29+,30-,31+,32-,33-,36-,38-,39+/m0/s1. The van der Waals surface area contributed by atoms with Gasteiger partial charge in [-0.15, -0.1) is 0 Å². The zero-order valence-electron chi connectivity index (χ0n) is 29.1. The summed E-state index contributed by atoms with van der Waals surface area (Å²) in [6, 6.07) is 9.32. The van der Waals surface area contributed by atoms with Crippen LogP contribution in [0, 0.1) is 52.3 Å². The molecule has 4 aliphatic rings. The van der Waals surface area contributed by atoms with Gasteiger partial charge in [0, 0.05) is 6.42 Å². The molecule has 0 radical (unpaired) electrons. The highest BCUT2D eigenvalue weighted by molar-refractivity contribution is 5.85. The molecule has 11 atom stereocenters. The van der Waals surface area contributed by atoms with Crippen molar-refractivity contribution in [3.63, 3.8) is 0 Å². The Balaban J connectivity index is 1.10. The minimum Gasteiger partial charge on any atom is -0.461 e. The van der Waals surface area contributed by atoms with Crippen LogP contribution in [0.3, 0.4) is 0 Å². The maximum atomic E-state index is 12.7. The Kier molecular flexibility index (Phi) is 11.2. The molecule has 0 aliphatic heterocycles. The summed E-state index contributed by atoms with van der Waals surface area (Å²) < 4.78 is 11.5. The lowest BCUT2D eigenvalue weighted by molar-refractivity contribution is -0.162. The van der Waals surface area contributed by atoms with E-state index in [1.165, 1.54) is 38.5 Å². The molecule has 0 saturated heterocycles. The van der Waals surface area contributed by atoms with Crippen LogP contribution in [0.1, 0.15) is 117 Å². The third-order valence-electron chi connectivity index (χ3n) is 13.7. The number of carbonyl (C=O) groups excluding carboxylic acids is 3. The monoisotopic (exact) mass is 636 g/mol. The van der Waals surface area contributed by atoms with Gasteiger partial charge in [-0.2, -0.15) is 0 Å². The van der Waals surface area contributed by atoms with E-state index in [-0.39, 0.29) is 36.4 Å². The smallest absolute Gasteiger partial charge is 0.325 e. The lowest BCUT2D eigenvalue weighted by Gasteiger charge is -2.61. The maximum Gasteiger partial charge on any atom is 0.325 e. The lowest BCUT2D eigenvalue weighted by Crippen LogP contribution is -2.54. The van der Waals surface area contributed by atoms with E-state index in [4.69, 9.17) is 15.2 Å². The summed E-state index contributed by atoms with van der Waals surface area (Å²) in [7, 11) is 0. The highest BCUT2D eigenvalue weighted by atomic mass is 16.5. The second-order valence-corrected chi connectivity index (χ2v) is 16.1. The number of fused-ring (bicyclic) bond motifs is 5. The van der Waals surface area contributed by atoms with Crippen LogP contribution < -0.4 is 11.1 Å². The molecule has 5 rings (SSSR count). The Bertz CT molecular complexity index is 1210. The molecule has 0 aromatic heterocycles. The van der Waals surface area contributed by atoms with Crippen LogP contribution in [0.4, 0.5) is 0 Å². The van der Waals surface area contributed by atoms with Crippen LogP contribution in [-0.4, -0.2) is 36.5 Å². The van der Waals surface area contributed by atoms with Crippen LogP contribution in [0.2, 0.25) is 0 Å². The van der Waals surface area contributed by atoms with E-state index < -0.39 is 6.04 Å². The van der Waals surface area contributed by atoms with Gasteiger partial charge in [0.15, 0.2) is 0 Å². The molecule has 256 valence electrons. The second kappa shape index (κ2) is 14.8. The summed E-state index contributed by atoms with van der Waals surface area (Å²) in [5.74, 6) is 3.40. The Hall–Kier alpha value is -2.41. The molecule has 0 heterocycles. The molecule has 1 amide bonds. The fourth-order valence-electron chi connectivity index (χ4n) is 10.7. The highest BCUT2D eigenvalue weighted by Gasteiger charge is 2.60. The number of carbonyl (C=O) groups is 3. The zero-order valence-corrected chi connectivity index (χ0v) is 29.1. The molecule has 0 unspecified atom stereocenters. The highest BCUT2D eigenvalue weighted by Crippen LogP contribution is 2.68. The van der Waals surface area contributed by atoms with Gasteiger partial charge in [-0.25, -0.2) is 0 Å². The van der Waals surface area contributed by atoms with Crippen molar-refractivity contribution in [1.29, 1.82) is 0 Å². The fraction of sp³-hybridized carbons (Fsp3) is 0.769. The molecular formula is C39H60N2O5. The van der Waals surface area contributed by atoms with Gasteiger partial charge < -0.3 is 20.5 Å². The number of benzene rings is 1. The van der Waals surface area contributed by atoms with Gasteiger partial charge >= 0.3 is 11.9 Å². The molecule has 1 aromatic carbocycles. The number of amides is 1. The van der Waals surface area contributed by atoms with Crippen molar-refractivity contribution in [2.24, 2.45) is 58.0 Å². The number of hydrogen-bond donors (Lipinski definition) is 2. The Labute approximate surface area is 277 Å². The van der Waals surface area contributed by atoms with Gasteiger partial charge in [-0.1, -0.05) is 71.4 Å². The molecule has 7 nitrogen and oxygen atoms in total. The minimum absolute atomic E-state index is 0.0628. The summed E-state index contributed by atoms with van der Waals surface area (Å²) >= 11 is 0. The molecule has 3 N–H and O–H groups in total. The van der Waals surface area contributed by atoms with Gasteiger partial charge in [0.1, 0.15) is 19.3 Å². The molecular weight excluding hydrogens is 576 g/mol. The first-order chi connectivity index (χ1) is 22.0. The van der Waals surface area contributed by atoms with Crippen LogP contribution >= 0.6 is 0 Å². The first kappa shape index (κ1) is 34.9. The molecule has 4 saturated carbocycles.